The molecule has 5 nitrogen and oxygen atoms in total. The van der Waals surface area contributed by atoms with Crippen molar-refractivity contribution in [3.8, 4) is 5.75 Å². The van der Waals surface area contributed by atoms with Crippen molar-refractivity contribution in [2.75, 3.05) is 4.90 Å². The van der Waals surface area contributed by atoms with Gasteiger partial charge in [-0.25, -0.2) is 0 Å². The summed E-state index contributed by atoms with van der Waals surface area (Å²) in [6.45, 7) is 4.05. The summed E-state index contributed by atoms with van der Waals surface area (Å²) in [6.07, 6.45) is 0.575. The van der Waals surface area contributed by atoms with Gasteiger partial charge in [0.2, 0.25) is 0 Å². The Kier molecular flexibility index (Phi) is 4.48. The number of amides is 1. The number of fused-ring (bicyclic) bond motifs is 4. The Labute approximate surface area is 188 Å². The molecule has 30 heavy (non-hydrogen) atoms. The largest absolute Gasteiger partial charge is 0.467 e. The van der Waals surface area contributed by atoms with Gasteiger partial charge >= 0.3 is 0 Å². The average Bonchev–Trinajstić information content (AvgIpc) is 3.14. The molecular formula is C23H19BrN2O3S. The molecule has 2 aliphatic rings. The number of ether oxygens (including phenoxy) is 1. The minimum absolute atomic E-state index is 0.237. The zero-order valence-electron chi connectivity index (χ0n) is 16.5. The second-order valence-electron chi connectivity index (χ2n) is 7.77. The third-order valence-corrected chi connectivity index (χ3v) is 6.43. The topological polar surface area (TPSA) is 45.9 Å². The molecular weight excluding hydrogens is 464 g/mol. The van der Waals surface area contributed by atoms with Crippen LogP contribution < -0.4 is 9.64 Å². The maximum Gasteiger partial charge on any atom is 0.296 e. The Morgan fingerprint density at radius 1 is 1.17 bits per heavy atom. The first-order valence-electron chi connectivity index (χ1n) is 9.65. The summed E-state index contributed by atoms with van der Waals surface area (Å²) in [5.74, 6) is 0.725. The molecule has 7 heteroatoms. The number of carbonyl (C=O) groups excluding carboxylic acids is 1. The minimum Gasteiger partial charge on any atom is -0.467 e. The zero-order valence-corrected chi connectivity index (χ0v) is 18.9. The van der Waals surface area contributed by atoms with Crippen LogP contribution in [0.25, 0.3) is 0 Å². The highest BCUT2D eigenvalue weighted by Crippen LogP contribution is 2.49. The van der Waals surface area contributed by atoms with Gasteiger partial charge in [-0.05, 0) is 77.9 Å². The number of anilines is 1. The number of thiocarbonyl (C=S) groups is 1. The van der Waals surface area contributed by atoms with Crippen molar-refractivity contribution in [1.29, 1.82) is 0 Å². The highest BCUT2D eigenvalue weighted by atomic mass is 79.9. The van der Waals surface area contributed by atoms with E-state index in [1.807, 2.05) is 67.3 Å². The molecule has 3 aromatic rings. The number of carbonyl (C=O) groups is 1. The van der Waals surface area contributed by atoms with Crippen molar-refractivity contribution in [2.45, 2.75) is 32.0 Å². The predicted octanol–water partition coefficient (Wildman–Crippen LogP) is 5.84. The van der Waals surface area contributed by atoms with E-state index in [4.69, 9.17) is 21.4 Å². The number of para-hydroxylation sites is 1. The molecule has 1 fully saturated rings. The van der Waals surface area contributed by atoms with Crippen LogP contribution in [0.1, 0.15) is 41.1 Å². The molecule has 0 spiro atoms. The van der Waals surface area contributed by atoms with Crippen LogP contribution in [0.3, 0.4) is 0 Å². The smallest absolute Gasteiger partial charge is 0.296 e. The molecule has 2 aromatic carbocycles. The molecule has 5 rings (SSSR count). The molecule has 0 N–H and O–H groups in total. The minimum atomic E-state index is -0.718. The Hall–Kier alpha value is -2.64. The van der Waals surface area contributed by atoms with E-state index in [0.29, 0.717) is 16.2 Å². The van der Waals surface area contributed by atoms with Crippen molar-refractivity contribution in [1.82, 2.24) is 4.90 Å². The number of nitrogens with zero attached hydrogens (tertiary/aromatic N) is 2. The lowest BCUT2D eigenvalue weighted by Gasteiger charge is -2.55. The van der Waals surface area contributed by atoms with E-state index in [-0.39, 0.29) is 17.7 Å². The molecule has 0 aliphatic carbocycles. The average molecular weight is 483 g/mol. The Morgan fingerprint density at radius 2 is 1.97 bits per heavy atom. The molecule has 0 saturated carbocycles. The van der Waals surface area contributed by atoms with E-state index in [2.05, 4.69) is 15.9 Å². The van der Waals surface area contributed by atoms with Crippen LogP contribution >= 0.6 is 28.1 Å². The number of halogens is 1. The van der Waals surface area contributed by atoms with Crippen LogP contribution in [0.4, 0.5) is 5.69 Å². The third-order valence-electron chi connectivity index (χ3n) is 5.62. The quantitative estimate of drug-likeness (QED) is 0.429. The molecule has 1 saturated heterocycles. The summed E-state index contributed by atoms with van der Waals surface area (Å²) >= 11 is 9.19. The molecule has 3 heterocycles. The van der Waals surface area contributed by atoms with Crippen molar-refractivity contribution in [3.05, 3.63) is 82.2 Å². The second kappa shape index (κ2) is 6.96. The Morgan fingerprint density at radius 3 is 2.70 bits per heavy atom. The van der Waals surface area contributed by atoms with E-state index in [1.54, 1.807) is 17.0 Å². The lowest BCUT2D eigenvalue weighted by Crippen LogP contribution is -2.67. The van der Waals surface area contributed by atoms with E-state index < -0.39 is 5.72 Å². The van der Waals surface area contributed by atoms with E-state index in [0.717, 1.165) is 22.6 Å². The van der Waals surface area contributed by atoms with Gasteiger partial charge in [0, 0.05) is 17.7 Å². The third kappa shape index (κ3) is 2.96. The number of rotatable bonds is 2. The number of hydrogen-bond donors (Lipinski definition) is 0. The highest BCUT2D eigenvalue weighted by Gasteiger charge is 2.53. The Bertz CT molecular complexity index is 1180. The van der Waals surface area contributed by atoms with Crippen molar-refractivity contribution < 1.29 is 13.9 Å². The van der Waals surface area contributed by atoms with Gasteiger partial charge < -0.3 is 9.15 Å². The fourth-order valence-corrected chi connectivity index (χ4v) is 5.15. The zero-order chi connectivity index (χ0) is 21.0. The maximum atomic E-state index is 13.5. The summed E-state index contributed by atoms with van der Waals surface area (Å²) in [5, 5.41) is 0.395. The van der Waals surface area contributed by atoms with Gasteiger partial charge in [0.15, 0.2) is 21.3 Å². The molecule has 2 aliphatic heterocycles. The van der Waals surface area contributed by atoms with Crippen molar-refractivity contribution >= 4 is 44.9 Å². The van der Waals surface area contributed by atoms with Gasteiger partial charge in [-0.2, -0.15) is 0 Å². The molecule has 2 atom stereocenters. The monoisotopic (exact) mass is 482 g/mol. The van der Waals surface area contributed by atoms with Gasteiger partial charge in [-0.3, -0.25) is 14.6 Å². The van der Waals surface area contributed by atoms with Gasteiger partial charge in [-0.15, -0.1) is 0 Å². The van der Waals surface area contributed by atoms with Gasteiger partial charge in [-0.1, -0.05) is 30.3 Å². The standard InChI is InChI=1S/C23H19BrN2O3S/c1-14-6-5-7-15(12-14)26-22(30)25(21(27)19-10-11-20(24)28-19)17-13-23(26,2)29-18-9-4-3-8-16(17)18/h3-12,17H,13H2,1-2H3. The van der Waals surface area contributed by atoms with Gasteiger partial charge in [0.25, 0.3) is 5.91 Å². The molecule has 2 bridgehead atoms. The normalized spacial score (nSPS) is 22.5. The first-order chi connectivity index (χ1) is 14.4. The fraction of sp³-hybridized carbons (Fsp3) is 0.217. The Balaban J connectivity index is 1.68. The van der Waals surface area contributed by atoms with Crippen LogP contribution in [0.2, 0.25) is 0 Å². The van der Waals surface area contributed by atoms with Crippen molar-refractivity contribution in [3.63, 3.8) is 0 Å². The van der Waals surface area contributed by atoms with Crippen molar-refractivity contribution in [2.24, 2.45) is 0 Å². The van der Waals surface area contributed by atoms with Crippen LogP contribution in [-0.4, -0.2) is 21.6 Å². The van der Waals surface area contributed by atoms with E-state index in [1.165, 1.54) is 0 Å². The summed E-state index contributed by atoms with van der Waals surface area (Å²) in [6, 6.07) is 19.0. The maximum absolute atomic E-state index is 13.5. The lowest BCUT2D eigenvalue weighted by atomic mass is 9.88. The second-order valence-corrected chi connectivity index (χ2v) is 8.92. The molecule has 1 amide bonds. The highest BCUT2D eigenvalue weighted by molar-refractivity contribution is 9.10. The number of furan rings is 1. The molecule has 152 valence electrons. The van der Waals surface area contributed by atoms with Crippen LogP contribution in [0.15, 0.2) is 69.8 Å². The SMILES string of the molecule is Cc1cccc(N2C(=S)N(C(=O)c3ccc(Br)o3)C3CC2(C)Oc2ccccc23)c1. The van der Waals surface area contributed by atoms with E-state index >= 15 is 0 Å². The van der Waals surface area contributed by atoms with Gasteiger partial charge in [0.05, 0.1) is 6.04 Å². The number of hydrogen-bond acceptors (Lipinski definition) is 4. The fourth-order valence-electron chi connectivity index (χ4n) is 4.33. The molecule has 1 aromatic heterocycles. The molecule has 0 radical (unpaired) electrons. The summed E-state index contributed by atoms with van der Waals surface area (Å²) in [5.41, 5.74) is 2.22. The summed E-state index contributed by atoms with van der Waals surface area (Å²) in [4.78, 5) is 17.1. The first-order valence-corrected chi connectivity index (χ1v) is 10.9. The number of aryl methyl sites for hydroxylation is 1. The van der Waals surface area contributed by atoms with Gasteiger partial charge in [0.1, 0.15) is 5.75 Å². The molecule has 2 unspecified atom stereocenters. The summed E-state index contributed by atoms with van der Waals surface area (Å²) < 4.78 is 12.6. The number of benzene rings is 2. The van der Waals surface area contributed by atoms with Crippen LogP contribution in [0, 0.1) is 6.92 Å². The predicted molar refractivity (Wildman–Crippen MR) is 122 cm³/mol. The van der Waals surface area contributed by atoms with Crippen LogP contribution in [0.5, 0.6) is 5.75 Å². The summed E-state index contributed by atoms with van der Waals surface area (Å²) in [7, 11) is 0. The lowest BCUT2D eigenvalue weighted by molar-refractivity contribution is 0.0173. The van der Waals surface area contributed by atoms with E-state index in [9.17, 15) is 4.79 Å². The first kappa shape index (κ1) is 19.3. The van der Waals surface area contributed by atoms with Crippen LogP contribution in [-0.2, 0) is 0 Å².